The highest BCUT2D eigenvalue weighted by atomic mass is 32.1. The summed E-state index contributed by atoms with van der Waals surface area (Å²) in [5, 5.41) is 4.71. The molecule has 0 saturated heterocycles. The maximum absolute atomic E-state index is 12.5. The van der Waals surface area contributed by atoms with Gasteiger partial charge in [-0.1, -0.05) is 12.1 Å². The zero-order chi connectivity index (χ0) is 18.8. The van der Waals surface area contributed by atoms with Crippen LogP contribution in [0.2, 0.25) is 0 Å². The Balaban J connectivity index is 1.52. The first-order chi connectivity index (χ1) is 13.1. The van der Waals surface area contributed by atoms with E-state index in [0.717, 1.165) is 5.56 Å². The molecule has 0 bridgehead atoms. The van der Waals surface area contributed by atoms with Crippen LogP contribution in [-0.4, -0.2) is 24.3 Å². The number of anilines is 1. The van der Waals surface area contributed by atoms with Crippen molar-refractivity contribution in [1.82, 2.24) is 4.98 Å². The molecule has 0 aliphatic carbocycles. The number of thiazole rings is 1. The fourth-order valence-corrected chi connectivity index (χ4v) is 3.25. The van der Waals surface area contributed by atoms with E-state index in [-0.39, 0.29) is 18.1 Å². The van der Waals surface area contributed by atoms with Crippen molar-refractivity contribution >= 4 is 22.4 Å². The van der Waals surface area contributed by atoms with Gasteiger partial charge in [0, 0.05) is 10.9 Å². The van der Waals surface area contributed by atoms with E-state index in [4.69, 9.17) is 9.47 Å². The normalized spacial score (nSPS) is 12.3. The number of fused-ring (bicyclic) bond motifs is 1. The van der Waals surface area contributed by atoms with Crippen LogP contribution in [0.1, 0.15) is 10.4 Å². The van der Waals surface area contributed by atoms with Crippen LogP contribution < -0.4 is 19.5 Å². The number of halogens is 2. The Labute approximate surface area is 156 Å². The van der Waals surface area contributed by atoms with Gasteiger partial charge in [0.25, 0.3) is 5.91 Å². The minimum Gasteiger partial charge on any atom is -0.454 e. The van der Waals surface area contributed by atoms with Crippen molar-refractivity contribution in [3.63, 3.8) is 0 Å². The van der Waals surface area contributed by atoms with Gasteiger partial charge in [-0.15, -0.1) is 11.3 Å². The molecule has 0 fully saturated rings. The third-order valence-electron chi connectivity index (χ3n) is 3.74. The maximum atomic E-state index is 12.5. The zero-order valence-corrected chi connectivity index (χ0v) is 14.5. The first kappa shape index (κ1) is 17.2. The molecule has 0 radical (unpaired) electrons. The van der Waals surface area contributed by atoms with Crippen LogP contribution in [0, 0.1) is 0 Å². The largest absolute Gasteiger partial charge is 0.454 e. The van der Waals surface area contributed by atoms with Crippen LogP contribution in [-0.2, 0) is 0 Å². The van der Waals surface area contributed by atoms with E-state index in [9.17, 15) is 13.6 Å². The maximum Gasteiger partial charge on any atom is 0.387 e. The predicted molar refractivity (Wildman–Crippen MR) is 94.7 cm³/mol. The zero-order valence-electron chi connectivity index (χ0n) is 13.6. The van der Waals surface area contributed by atoms with Gasteiger partial charge in [-0.3, -0.25) is 10.1 Å². The second-order valence-corrected chi connectivity index (χ2v) is 6.29. The molecule has 4 rings (SSSR count). The summed E-state index contributed by atoms with van der Waals surface area (Å²) in [5.74, 6) is 0.512. The van der Waals surface area contributed by atoms with E-state index in [2.05, 4.69) is 15.0 Å². The number of ether oxygens (including phenoxy) is 3. The lowest BCUT2D eigenvalue weighted by Crippen LogP contribution is -2.14. The highest BCUT2D eigenvalue weighted by molar-refractivity contribution is 7.14. The first-order valence-corrected chi connectivity index (χ1v) is 8.69. The third-order valence-corrected chi connectivity index (χ3v) is 4.50. The van der Waals surface area contributed by atoms with Crippen molar-refractivity contribution in [2.45, 2.75) is 6.61 Å². The molecule has 1 aliphatic rings. The summed E-state index contributed by atoms with van der Waals surface area (Å²) in [7, 11) is 0. The Morgan fingerprint density at radius 2 is 2.00 bits per heavy atom. The number of nitrogens with zero attached hydrogens (tertiary/aromatic N) is 1. The van der Waals surface area contributed by atoms with Gasteiger partial charge >= 0.3 is 6.61 Å². The lowest BCUT2D eigenvalue weighted by atomic mass is 10.1. The lowest BCUT2D eigenvalue weighted by molar-refractivity contribution is -0.0501. The van der Waals surface area contributed by atoms with Crippen molar-refractivity contribution in [1.29, 1.82) is 0 Å². The van der Waals surface area contributed by atoms with E-state index in [0.29, 0.717) is 22.3 Å². The summed E-state index contributed by atoms with van der Waals surface area (Å²) < 4.78 is 40.0. The minimum absolute atomic E-state index is 0.00219. The number of hydrogen-bond donors (Lipinski definition) is 1. The van der Waals surface area contributed by atoms with Crippen LogP contribution in [0.25, 0.3) is 11.3 Å². The summed E-state index contributed by atoms with van der Waals surface area (Å²) >= 11 is 1.22. The number of carbonyl (C=O) groups is 1. The van der Waals surface area contributed by atoms with Crippen LogP contribution in [0.5, 0.6) is 17.2 Å². The summed E-state index contributed by atoms with van der Waals surface area (Å²) in [5.41, 5.74) is 1.45. The molecule has 0 saturated carbocycles. The lowest BCUT2D eigenvalue weighted by Gasteiger charge is -2.09. The molecule has 1 amide bonds. The van der Waals surface area contributed by atoms with Gasteiger partial charge in [0.15, 0.2) is 16.6 Å². The number of rotatable bonds is 5. The summed E-state index contributed by atoms with van der Waals surface area (Å²) in [4.78, 5) is 16.8. The molecule has 138 valence electrons. The minimum atomic E-state index is -3.02. The number of carbonyl (C=O) groups excluding carboxylic acids is 1. The predicted octanol–water partition coefficient (Wildman–Crippen LogP) is 4.39. The molecule has 1 aromatic heterocycles. The standard InChI is InChI=1S/C18H12F2N2O4S/c19-17(20)26-13-4-2-1-3-11(13)16(23)22-18-21-12(8-27-18)10-5-6-14-15(7-10)25-9-24-14/h1-8,17H,9H2,(H,21,22,23). The van der Waals surface area contributed by atoms with Gasteiger partial charge in [-0.2, -0.15) is 8.78 Å². The number of alkyl halides is 2. The quantitative estimate of drug-likeness (QED) is 0.700. The van der Waals surface area contributed by atoms with Crippen molar-refractivity contribution in [2.24, 2.45) is 0 Å². The SMILES string of the molecule is O=C(Nc1nc(-c2ccc3c(c2)OCO3)cs1)c1ccccc1OC(F)F. The van der Waals surface area contributed by atoms with E-state index in [1.54, 1.807) is 23.6 Å². The van der Waals surface area contributed by atoms with E-state index in [1.807, 2.05) is 6.07 Å². The van der Waals surface area contributed by atoms with Gasteiger partial charge in [-0.05, 0) is 30.3 Å². The number of hydrogen-bond acceptors (Lipinski definition) is 6. The Kier molecular flexibility index (Phi) is 4.59. The Morgan fingerprint density at radius 1 is 1.19 bits per heavy atom. The Hall–Kier alpha value is -3.20. The third kappa shape index (κ3) is 3.68. The van der Waals surface area contributed by atoms with Gasteiger partial charge < -0.3 is 14.2 Å². The molecule has 2 aromatic carbocycles. The van der Waals surface area contributed by atoms with E-state index < -0.39 is 12.5 Å². The number of amides is 1. The van der Waals surface area contributed by atoms with Gasteiger partial charge in [-0.25, -0.2) is 4.98 Å². The molecule has 0 spiro atoms. The molecule has 9 heteroatoms. The molecule has 27 heavy (non-hydrogen) atoms. The second-order valence-electron chi connectivity index (χ2n) is 5.43. The molecular formula is C18H12F2N2O4S. The fraction of sp³-hybridized carbons (Fsp3) is 0.111. The van der Waals surface area contributed by atoms with Crippen molar-refractivity contribution < 1.29 is 27.8 Å². The summed E-state index contributed by atoms with van der Waals surface area (Å²) in [6.07, 6.45) is 0. The molecule has 2 heterocycles. The molecule has 1 aliphatic heterocycles. The fourth-order valence-electron chi connectivity index (χ4n) is 2.54. The average Bonchev–Trinajstić information content (AvgIpc) is 3.30. The molecule has 1 N–H and O–H groups in total. The molecule has 3 aromatic rings. The van der Waals surface area contributed by atoms with Crippen LogP contribution in [0.4, 0.5) is 13.9 Å². The Bertz CT molecular complexity index is 993. The Morgan fingerprint density at radius 3 is 2.85 bits per heavy atom. The number of aromatic nitrogens is 1. The van der Waals surface area contributed by atoms with Gasteiger partial charge in [0.1, 0.15) is 5.75 Å². The van der Waals surface area contributed by atoms with Crippen LogP contribution in [0.15, 0.2) is 47.8 Å². The smallest absolute Gasteiger partial charge is 0.387 e. The average molecular weight is 390 g/mol. The van der Waals surface area contributed by atoms with Crippen molar-refractivity contribution in [3.8, 4) is 28.5 Å². The van der Waals surface area contributed by atoms with E-state index in [1.165, 1.54) is 29.5 Å². The summed E-state index contributed by atoms with van der Waals surface area (Å²) in [6, 6.07) is 11.2. The number of para-hydroxylation sites is 1. The highest BCUT2D eigenvalue weighted by Crippen LogP contribution is 2.36. The molecule has 0 atom stereocenters. The number of nitrogens with one attached hydrogen (secondary N) is 1. The second kappa shape index (κ2) is 7.20. The van der Waals surface area contributed by atoms with Gasteiger partial charge in [0.05, 0.1) is 11.3 Å². The van der Waals surface area contributed by atoms with Crippen LogP contribution >= 0.6 is 11.3 Å². The van der Waals surface area contributed by atoms with Crippen molar-refractivity contribution in [3.05, 3.63) is 53.4 Å². The summed E-state index contributed by atoms with van der Waals surface area (Å²) in [6.45, 7) is -2.84. The van der Waals surface area contributed by atoms with Crippen molar-refractivity contribution in [2.75, 3.05) is 12.1 Å². The number of benzene rings is 2. The topological polar surface area (TPSA) is 69.7 Å². The van der Waals surface area contributed by atoms with Crippen LogP contribution in [0.3, 0.4) is 0 Å². The van der Waals surface area contributed by atoms with E-state index >= 15 is 0 Å². The molecule has 6 nitrogen and oxygen atoms in total. The first-order valence-electron chi connectivity index (χ1n) is 7.81. The molecule has 0 unspecified atom stereocenters. The van der Waals surface area contributed by atoms with Gasteiger partial charge in [0.2, 0.25) is 6.79 Å². The molecular weight excluding hydrogens is 378 g/mol. The highest BCUT2D eigenvalue weighted by Gasteiger charge is 2.18. The monoisotopic (exact) mass is 390 g/mol.